The normalized spacial score (nSPS) is 17.6. The summed E-state index contributed by atoms with van der Waals surface area (Å²) in [6.07, 6.45) is 5.75. The maximum Gasteiger partial charge on any atom is 0.494 e. The SMILES string of the molecule is CCCCCCCC(=O)N(C)C(=O)c1cccc(B2OC(C)(C)C(C)(C)O2)c1. The first-order valence-electron chi connectivity index (χ1n) is 10.4. The van der Waals surface area contributed by atoms with Gasteiger partial charge in [-0.25, -0.2) is 0 Å². The molecule has 0 aliphatic carbocycles. The number of hydrogen-bond acceptors (Lipinski definition) is 4. The van der Waals surface area contributed by atoms with Gasteiger partial charge in [0.15, 0.2) is 0 Å². The molecule has 0 saturated carbocycles. The van der Waals surface area contributed by atoms with Crippen molar-refractivity contribution in [2.45, 2.75) is 84.3 Å². The highest BCUT2D eigenvalue weighted by Crippen LogP contribution is 2.36. The first-order valence-corrected chi connectivity index (χ1v) is 10.4. The van der Waals surface area contributed by atoms with E-state index in [9.17, 15) is 9.59 Å². The lowest BCUT2D eigenvalue weighted by Crippen LogP contribution is -2.41. The van der Waals surface area contributed by atoms with Gasteiger partial charge in [-0.3, -0.25) is 14.5 Å². The van der Waals surface area contributed by atoms with Gasteiger partial charge in [-0.2, -0.15) is 0 Å². The zero-order valence-corrected chi connectivity index (χ0v) is 18.2. The standard InChI is InChI=1S/C22H34BNO4/c1-7-8-9-10-11-15-19(25)24(6)20(26)17-13-12-14-18(16-17)23-27-21(2,3)22(4,5)28-23/h12-14,16H,7-11,15H2,1-6H3. The van der Waals surface area contributed by atoms with E-state index in [0.29, 0.717) is 12.0 Å². The Morgan fingerprint density at radius 2 is 1.61 bits per heavy atom. The first kappa shape index (κ1) is 22.6. The van der Waals surface area contributed by atoms with E-state index < -0.39 is 18.3 Å². The third-order valence-corrected chi connectivity index (χ3v) is 5.83. The van der Waals surface area contributed by atoms with Crippen molar-refractivity contribution in [1.29, 1.82) is 0 Å². The van der Waals surface area contributed by atoms with Crippen LogP contribution in [0.3, 0.4) is 0 Å². The fourth-order valence-corrected chi connectivity index (χ4v) is 3.15. The van der Waals surface area contributed by atoms with Crippen molar-refractivity contribution in [3.8, 4) is 0 Å². The number of rotatable bonds is 8. The van der Waals surface area contributed by atoms with Crippen molar-refractivity contribution < 1.29 is 18.9 Å². The monoisotopic (exact) mass is 387 g/mol. The molecule has 1 heterocycles. The van der Waals surface area contributed by atoms with Crippen LogP contribution in [0, 0.1) is 0 Å². The Hall–Kier alpha value is -1.66. The average molecular weight is 387 g/mol. The Morgan fingerprint density at radius 3 is 2.21 bits per heavy atom. The summed E-state index contributed by atoms with van der Waals surface area (Å²) < 4.78 is 12.1. The third-order valence-electron chi connectivity index (χ3n) is 5.83. The summed E-state index contributed by atoms with van der Waals surface area (Å²) in [6.45, 7) is 10.1. The van der Waals surface area contributed by atoms with E-state index >= 15 is 0 Å². The van der Waals surface area contributed by atoms with Crippen LogP contribution in [0.25, 0.3) is 0 Å². The van der Waals surface area contributed by atoms with Crippen LogP contribution in [0.5, 0.6) is 0 Å². The van der Waals surface area contributed by atoms with E-state index in [-0.39, 0.29) is 11.8 Å². The molecule has 1 fully saturated rings. The van der Waals surface area contributed by atoms with E-state index in [2.05, 4.69) is 6.92 Å². The van der Waals surface area contributed by atoms with Gasteiger partial charge in [-0.15, -0.1) is 0 Å². The van der Waals surface area contributed by atoms with Crippen LogP contribution in [0.4, 0.5) is 0 Å². The molecule has 5 nitrogen and oxygen atoms in total. The van der Waals surface area contributed by atoms with Gasteiger partial charge in [0, 0.05) is 19.0 Å². The van der Waals surface area contributed by atoms with Crippen molar-refractivity contribution >= 4 is 24.4 Å². The highest BCUT2D eigenvalue weighted by molar-refractivity contribution is 6.62. The van der Waals surface area contributed by atoms with Crippen LogP contribution in [-0.2, 0) is 14.1 Å². The molecule has 154 valence electrons. The number of carbonyl (C=O) groups excluding carboxylic acids is 2. The van der Waals surface area contributed by atoms with E-state index in [1.807, 2.05) is 33.8 Å². The summed E-state index contributed by atoms with van der Waals surface area (Å²) in [5.74, 6) is -0.431. The second-order valence-electron chi connectivity index (χ2n) is 8.64. The van der Waals surface area contributed by atoms with Gasteiger partial charge in [0.2, 0.25) is 5.91 Å². The number of nitrogens with zero attached hydrogens (tertiary/aromatic N) is 1. The molecular weight excluding hydrogens is 353 g/mol. The smallest absolute Gasteiger partial charge is 0.399 e. The van der Waals surface area contributed by atoms with Crippen LogP contribution in [0.2, 0.25) is 0 Å². The van der Waals surface area contributed by atoms with Crippen molar-refractivity contribution in [1.82, 2.24) is 4.90 Å². The van der Waals surface area contributed by atoms with Gasteiger partial charge in [0.1, 0.15) is 0 Å². The van der Waals surface area contributed by atoms with Gasteiger partial charge >= 0.3 is 7.12 Å². The molecule has 0 radical (unpaired) electrons. The minimum absolute atomic E-state index is 0.137. The van der Waals surface area contributed by atoms with Gasteiger partial charge in [-0.05, 0) is 51.7 Å². The highest BCUT2D eigenvalue weighted by atomic mass is 16.7. The molecule has 1 aromatic rings. The Labute approximate surface area is 169 Å². The molecule has 28 heavy (non-hydrogen) atoms. The molecule has 2 amide bonds. The predicted octanol–water partition coefficient (Wildman–Crippen LogP) is 3.94. The zero-order chi connectivity index (χ0) is 20.9. The van der Waals surface area contributed by atoms with Gasteiger partial charge < -0.3 is 9.31 Å². The van der Waals surface area contributed by atoms with Crippen molar-refractivity contribution in [2.75, 3.05) is 7.05 Å². The average Bonchev–Trinajstić information content (AvgIpc) is 2.87. The van der Waals surface area contributed by atoms with E-state index in [1.54, 1.807) is 25.2 Å². The molecule has 0 spiro atoms. The van der Waals surface area contributed by atoms with Crippen LogP contribution in [-0.4, -0.2) is 42.1 Å². The minimum atomic E-state index is -0.530. The molecule has 1 aliphatic heterocycles. The predicted molar refractivity (Wildman–Crippen MR) is 113 cm³/mol. The number of hydrogen-bond donors (Lipinski definition) is 0. The molecule has 0 unspecified atom stereocenters. The highest BCUT2D eigenvalue weighted by Gasteiger charge is 2.51. The zero-order valence-electron chi connectivity index (χ0n) is 18.2. The molecule has 6 heteroatoms. The molecule has 0 N–H and O–H groups in total. The molecule has 1 saturated heterocycles. The molecule has 0 atom stereocenters. The molecular formula is C22H34BNO4. The van der Waals surface area contributed by atoms with Crippen molar-refractivity contribution in [3.05, 3.63) is 29.8 Å². The van der Waals surface area contributed by atoms with Crippen molar-refractivity contribution in [3.63, 3.8) is 0 Å². The Bertz CT molecular complexity index is 686. The van der Waals surface area contributed by atoms with Gasteiger partial charge in [0.05, 0.1) is 11.2 Å². The van der Waals surface area contributed by atoms with Crippen LogP contribution in [0.15, 0.2) is 24.3 Å². The Balaban J connectivity index is 2.01. The summed E-state index contributed by atoms with van der Waals surface area (Å²) in [7, 11) is 1.02. The summed E-state index contributed by atoms with van der Waals surface area (Å²) in [6, 6.07) is 7.17. The number of unbranched alkanes of at least 4 members (excludes halogenated alkanes) is 4. The quantitative estimate of drug-likeness (QED) is 0.501. The second-order valence-corrected chi connectivity index (χ2v) is 8.64. The fourth-order valence-electron chi connectivity index (χ4n) is 3.15. The molecule has 1 aromatic carbocycles. The van der Waals surface area contributed by atoms with Crippen LogP contribution >= 0.6 is 0 Å². The number of benzene rings is 1. The Kier molecular flexibility index (Phi) is 7.46. The summed E-state index contributed by atoms with van der Waals surface area (Å²) in [4.78, 5) is 26.3. The summed E-state index contributed by atoms with van der Waals surface area (Å²) in [5, 5.41) is 0. The lowest BCUT2D eigenvalue weighted by Gasteiger charge is -2.32. The largest absolute Gasteiger partial charge is 0.494 e. The lowest BCUT2D eigenvalue weighted by atomic mass is 9.78. The molecule has 1 aliphatic rings. The Morgan fingerprint density at radius 1 is 1.00 bits per heavy atom. The summed E-state index contributed by atoms with van der Waals surface area (Å²) >= 11 is 0. The van der Waals surface area contributed by atoms with Gasteiger partial charge in [-0.1, -0.05) is 44.7 Å². The molecule has 2 rings (SSSR count). The topological polar surface area (TPSA) is 55.8 Å². The third kappa shape index (κ3) is 5.23. The van der Waals surface area contributed by atoms with E-state index in [0.717, 1.165) is 24.7 Å². The maximum atomic E-state index is 12.8. The van der Waals surface area contributed by atoms with Crippen LogP contribution < -0.4 is 5.46 Å². The molecule has 0 bridgehead atoms. The van der Waals surface area contributed by atoms with E-state index in [1.165, 1.54) is 17.7 Å². The number of imide groups is 1. The lowest BCUT2D eigenvalue weighted by molar-refractivity contribution is -0.127. The first-order chi connectivity index (χ1) is 13.1. The fraction of sp³-hybridized carbons (Fsp3) is 0.636. The van der Waals surface area contributed by atoms with Crippen LogP contribution in [0.1, 0.15) is 83.5 Å². The number of carbonyl (C=O) groups is 2. The second kappa shape index (κ2) is 9.23. The maximum absolute atomic E-state index is 12.8. The minimum Gasteiger partial charge on any atom is -0.399 e. The van der Waals surface area contributed by atoms with Gasteiger partial charge in [0.25, 0.3) is 5.91 Å². The summed E-state index contributed by atoms with van der Waals surface area (Å²) in [5.41, 5.74) is 0.365. The van der Waals surface area contributed by atoms with E-state index in [4.69, 9.17) is 9.31 Å². The van der Waals surface area contributed by atoms with Crippen molar-refractivity contribution in [2.24, 2.45) is 0 Å². The molecule has 0 aromatic heterocycles. The number of amides is 2.